The number of hydrogen-bond donors (Lipinski definition) is 2. The molecule has 4 rings (SSSR count). The van der Waals surface area contributed by atoms with Crippen molar-refractivity contribution >= 4 is 17.4 Å². The number of furan rings is 1. The molecule has 1 saturated heterocycles. The van der Waals surface area contributed by atoms with Crippen molar-refractivity contribution in [3.8, 4) is 5.75 Å². The Morgan fingerprint density at radius 3 is 2.66 bits per heavy atom. The number of hydrogen-bond acceptors (Lipinski definition) is 5. The average Bonchev–Trinajstić information content (AvgIpc) is 3.35. The summed E-state index contributed by atoms with van der Waals surface area (Å²) in [5, 5.41) is 13.8. The van der Waals surface area contributed by atoms with E-state index < -0.39 is 0 Å². The lowest BCUT2D eigenvalue weighted by Crippen LogP contribution is -2.41. The standard InChI is InChI=1S/C25H28N4O3/c1-4-17(2)24-27-20(19-8-5-6-9-21(19)30)16-23(28(24)3)26-18-11-13-29(14-12-18)25(31)22-10-7-15-32-22/h4-10,15-16,18,27,30H,1,11-14H2,2-3H3/b24-17-,26-23?. The van der Waals surface area contributed by atoms with Gasteiger partial charge in [-0.3, -0.25) is 9.79 Å². The molecular formula is C25H28N4O3. The van der Waals surface area contributed by atoms with Crippen LogP contribution in [0.25, 0.3) is 5.70 Å². The Hall–Kier alpha value is -3.74. The smallest absolute Gasteiger partial charge is 0.289 e. The largest absolute Gasteiger partial charge is 0.507 e. The van der Waals surface area contributed by atoms with Gasteiger partial charge in [-0.2, -0.15) is 0 Å². The molecule has 0 bridgehead atoms. The first-order valence-corrected chi connectivity index (χ1v) is 10.7. The van der Waals surface area contributed by atoms with E-state index in [0.717, 1.165) is 35.8 Å². The average molecular weight is 433 g/mol. The molecule has 0 atom stereocenters. The van der Waals surface area contributed by atoms with E-state index in [4.69, 9.17) is 9.41 Å². The number of amidine groups is 1. The molecule has 1 amide bonds. The fourth-order valence-electron chi connectivity index (χ4n) is 3.96. The SMILES string of the molecule is C=C/C(C)=C1/NC(c2ccccc2O)=CC(=NC2CCN(C(=O)c3ccco3)CC2)N1C. The third-order valence-corrected chi connectivity index (χ3v) is 5.88. The van der Waals surface area contributed by atoms with Crippen molar-refractivity contribution in [2.24, 2.45) is 4.99 Å². The second-order valence-electron chi connectivity index (χ2n) is 7.98. The van der Waals surface area contributed by atoms with Crippen LogP contribution in [0.3, 0.4) is 0 Å². The summed E-state index contributed by atoms with van der Waals surface area (Å²) in [5.74, 6) is 2.17. The number of carbonyl (C=O) groups excluding carboxylic acids is 1. The number of benzene rings is 1. The Morgan fingerprint density at radius 1 is 1.25 bits per heavy atom. The molecule has 3 heterocycles. The topological polar surface area (TPSA) is 81.3 Å². The molecule has 1 aromatic heterocycles. The summed E-state index contributed by atoms with van der Waals surface area (Å²) in [5.41, 5.74) is 2.46. The minimum absolute atomic E-state index is 0.0753. The monoisotopic (exact) mass is 432 g/mol. The Balaban J connectivity index is 1.58. The van der Waals surface area contributed by atoms with Crippen molar-refractivity contribution in [1.82, 2.24) is 15.1 Å². The van der Waals surface area contributed by atoms with Crippen LogP contribution in [0.15, 0.2) is 82.2 Å². The first-order chi connectivity index (χ1) is 15.5. The molecule has 2 aromatic rings. The molecule has 7 heteroatoms. The van der Waals surface area contributed by atoms with Crippen LogP contribution < -0.4 is 5.32 Å². The zero-order valence-electron chi connectivity index (χ0n) is 18.4. The van der Waals surface area contributed by atoms with Crippen LogP contribution in [-0.2, 0) is 0 Å². The summed E-state index contributed by atoms with van der Waals surface area (Å²) in [6.45, 7) is 7.14. The van der Waals surface area contributed by atoms with Crippen LogP contribution in [-0.4, -0.2) is 52.8 Å². The number of likely N-dealkylation sites (tertiary alicyclic amines) is 1. The summed E-state index contributed by atoms with van der Waals surface area (Å²) in [7, 11) is 1.96. The minimum Gasteiger partial charge on any atom is -0.507 e. The van der Waals surface area contributed by atoms with Gasteiger partial charge in [0.2, 0.25) is 0 Å². The number of nitrogens with zero attached hydrogens (tertiary/aromatic N) is 3. The number of phenols is 1. The Kier molecular flexibility index (Phi) is 6.16. The van der Waals surface area contributed by atoms with Gasteiger partial charge in [-0.1, -0.05) is 24.8 Å². The number of aliphatic imine (C=N–C) groups is 1. The molecule has 2 aliphatic rings. The molecule has 2 N–H and O–H groups in total. The zero-order chi connectivity index (χ0) is 22.7. The molecule has 0 saturated carbocycles. The van der Waals surface area contributed by atoms with Gasteiger partial charge in [0, 0.05) is 31.8 Å². The summed E-state index contributed by atoms with van der Waals surface area (Å²) < 4.78 is 5.25. The summed E-state index contributed by atoms with van der Waals surface area (Å²) in [6.07, 6.45) is 6.81. The first kappa shape index (κ1) is 21.5. The predicted molar refractivity (Wildman–Crippen MR) is 125 cm³/mol. The van der Waals surface area contributed by atoms with Gasteiger partial charge in [-0.15, -0.1) is 0 Å². The summed E-state index contributed by atoms with van der Waals surface area (Å²) in [6, 6.07) is 10.7. The molecular weight excluding hydrogens is 404 g/mol. The predicted octanol–water partition coefficient (Wildman–Crippen LogP) is 3.98. The normalized spacial score (nSPS) is 20.1. The van der Waals surface area contributed by atoms with Gasteiger partial charge in [-0.05, 0) is 49.6 Å². The summed E-state index contributed by atoms with van der Waals surface area (Å²) >= 11 is 0. The number of piperidine rings is 1. The highest BCUT2D eigenvalue weighted by atomic mass is 16.3. The van der Waals surface area contributed by atoms with Gasteiger partial charge < -0.3 is 24.6 Å². The fourth-order valence-corrected chi connectivity index (χ4v) is 3.96. The van der Waals surface area contributed by atoms with Crippen molar-refractivity contribution in [2.45, 2.75) is 25.8 Å². The van der Waals surface area contributed by atoms with E-state index in [9.17, 15) is 9.90 Å². The molecule has 32 heavy (non-hydrogen) atoms. The van der Waals surface area contributed by atoms with E-state index in [2.05, 4.69) is 11.9 Å². The maximum absolute atomic E-state index is 12.5. The number of nitrogens with one attached hydrogen (secondary N) is 1. The van der Waals surface area contributed by atoms with Gasteiger partial charge in [0.25, 0.3) is 5.91 Å². The molecule has 1 aromatic carbocycles. The van der Waals surface area contributed by atoms with E-state index in [0.29, 0.717) is 24.4 Å². The number of aromatic hydroxyl groups is 1. The summed E-state index contributed by atoms with van der Waals surface area (Å²) in [4.78, 5) is 21.4. The lowest BCUT2D eigenvalue weighted by atomic mass is 10.0. The van der Waals surface area contributed by atoms with Crippen LogP contribution in [0.2, 0.25) is 0 Å². The van der Waals surface area contributed by atoms with Crippen molar-refractivity contribution in [3.63, 3.8) is 0 Å². The van der Waals surface area contributed by atoms with Crippen LogP contribution in [0.1, 0.15) is 35.9 Å². The highest BCUT2D eigenvalue weighted by Gasteiger charge is 2.27. The maximum atomic E-state index is 12.5. The number of phenolic OH excluding ortho intramolecular Hbond substituents is 1. The highest BCUT2D eigenvalue weighted by Crippen LogP contribution is 2.28. The molecule has 2 aliphatic heterocycles. The van der Waals surface area contributed by atoms with E-state index in [1.165, 1.54) is 6.26 Å². The molecule has 1 fully saturated rings. The van der Waals surface area contributed by atoms with Gasteiger partial charge in [0.1, 0.15) is 17.4 Å². The quantitative estimate of drug-likeness (QED) is 0.764. The van der Waals surface area contributed by atoms with Crippen LogP contribution >= 0.6 is 0 Å². The van der Waals surface area contributed by atoms with Crippen molar-refractivity contribution in [2.75, 3.05) is 20.1 Å². The van der Waals surface area contributed by atoms with Gasteiger partial charge in [-0.25, -0.2) is 0 Å². The number of amides is 1. The van der Waals surface area contributed by atoms with E-state index in [-0.39, 0.29) is 17.7 Å². The van der Waals surface area contributed by atoms with E-state index in [1.54, 1.807) is 30.3 Å². The molecule has 7 nitrogen and oxygen atoms in total. The lowest BCUT2D eigenvalue weighted by molar-refractivity contribution is 0.0683. The Labute approximate surface area is 188 Å². The van der Waals surface area contributed by atoms with Crippen molar-refractivity contribution in [1.29, 1.82) is 0 Å². The third-order valence-electron chi connectivity index (χ3n) is 5.88. The van der Waals surface area contributed by atoms with E-state index in [1.807, 2.05) is 42.0 Å². The number of carbonyl (C=O) groups is 1. The van der Waals surface area contributed by atoms with Crippen molar-refractivity contribution in [3.05, 3.63) is 84.1 Å². The second-order valence-corrected chi connectivity index (χ2v) is 7.98. The maximum Gasteiger partial charge on any atom is 0.289 e. The number of para-hydroxylation sites is 1. The van der Waals surface area contributed by atoms with Gasteiger partial charge in [0.15, 0.2) is 5.76 Å². The Morgan fingerprint density at radius 2 is 2.00 bits per heavy atom. The Bertz CT molecular complexity index is 1090. The minimum atomic E-state index is -0.0753. The fraction of sp³-hybridized carbons (Fsp3) is 0.280. The first-order valence-electron chi connectivity index (χ1n) is 10.7. The molecule has 0 aliphatic carbocycles. The highest BCUT2D eigenvalue weighted by molar-refractivity contribution is 6.02. The molecule has 166 valence electrons. The van der Waals surface area contributed by atoms with Gasteiger partial charge in [0.05, 0.1) is 18.0 Å². The van der Waals surface area contributed by atoms with Crippen molar-refractivity contribution < 1.29 is 14.3 Å². The van der Waals surface area contributed by atoms with Crippen LogP contribution in [0.5, 0.6) is 5.75 Å². The third kappa shape index (κ3) is 4.32. The van der Waals surface area contributed by atoms with Crippen LogP contribution in [0.4, 0.5) is 0 Å². The van der Waals surface area contributed by atoms with E-state index >= 15 is 0 Å². The number of likely N-dealkylation sites (N-methyl/N-ethyl adjacent to an activating group) is 1. The molecule has 0 spiro atoms. The zero-order valence-corrected chi connectivity index (χ0v) is 18.4. The number of rotatable bonds is 4. The number of allylic oxidation sites excluding steroid dienone is 2. The van der Waals surface area contributed by atoms with Crippen LogP contribution in [0, 0.1) is 0 Å². The molecule has 0 radical (unpaired) electrons. The lowest BCUT2D eigenvalue weighted by Gasteiger charge is -2.34. The second kappa shape index (κ2) is 9.18. The molecule has 0 unspecified atom stereocenters. The van der Waals surface area contributed by atoms with Gasteiger partial charge >= 0.3 is 0 Å².